The second-order valence-corrected chi connectivity index (χ2v) is 3.94. The first-order chi connectivity index (χ1) is 7.90. The Labute approximate surface area is 99.2 Å². The Bertz CT molecular complexity index is 346. The SMILES string of the molecule is CCN(C)C(CN)c1ccc(C(F)(F)F)cc1. The fraction of sp³-hybridized carbons (Fsp3) is 0.500. The number of alkyl halides is 3. The van der Waals surface area contributed by atoms with Crippen molar-refractivity contribution >= 4 is 0 Å². The van der Waals surface area contributed by atoms with Crippen LogP contribution in [0, 0.1) is 0 Å². The summed E-state index contributed by atoms with van der Waals surface area (Å²) in [6, 6.07) is 5.14. The molecule has 0 amide bonds. The molecule has 0 aliphatic rings. The normalized spacial score (nSPS) is 14.1. The summed E-state index contributed by atoms with van der Waals surface area (Å²) in [7, 11) is 1.90. The molecule has 1 rings (SSSR count). The molecule has 1 unspecified atom stereocenters. The molecule has 0 heterocycles. The van der Waals surface area contributed by atoms with Crippen LogP contribution in [-0.4, -0.2) is 25.0 Å². The summed E-state index contributed by atoms with van der Waals surface area (Å²) < 4.78 is 37.2. The average molecular weight is 246 g/mol. The number of hydrogen-bond donors (Lipinski definition) is 1. The van der Waals surface area contributed by atoms with Crippen LogP contribution in [0.1, 0.15) is 24.1 Å². The van der Waals surface area contributed by atoms with Gasteiger partial charge in [-0.1, -0.05) is 19.1 Å². The van der Waals surface area contributed by atoms with Crippen molar-refractivity contribution in [2.45, 2.75) is 19.1 Å². The van der Waals surface area contributed by atoms with Gasteiger partial charge in [0.05, 0.1) is 5.56 Å². The second kappa shape index (κ2) is 5.51. The molecule has 0 aromatic heterocycles. The van der Waals surface area contributed by atoms with Crippen LogP contribution in [0.4, 0.5) is 13.2 Å². The predicted molar refractivity (Wildman–Crippen MR) is 61.5 cm³/mol. The van der Waals surface area contributed by atoms with Gasteiger partial charge in [0.1, 0.15) is 0 Å². The van der Waals surface area contributed by atoms with Gasteiger partial charge in [-0.15, -0.1) is 0 Å². The lowest BCUT2D eigenvalue weighted by molar-refractivity contribution is -0.137. The first kappa shape index (κ1) is 14.0. The van der Waals surface area contributed by atoms with Gasteiger partial charge in [-0.3, -0.25) is 4.90 Å². The maximum absolute atomic E-state index is 12.4. The molecule has 1 aromatic rings. The van der Waals surface area contributed by atoms with E-state index in [1.54, 1.807) is 0 Å². The molecule has 0 bridgehead atoms. The fourth-order valence-corrected chi connectivity index (χ4v) is 1.69. The van der Waals surface area contributed by atoms with Crippen molar-refractivity contribution in [3.63, 3.8) is 0 Å². The van der Waals surface area contributed by atoms with Gasteiger partial charge in [0, 0.05) is 12.6 Å². The third-order valence-corrected chi connectivity index (χ3v) is 2.88. The molecule has 0 radical (unpaired) electrons. The molecule has 0 aliphatic carbocycles. The van der Waals surface area contributed by atoms with Crippen LogP contribution < -0.4 is 5.73 Å². The summed E-state index contributed by atoms with van der Waals surface area (Å²) in [5, 5.41) is 0. The van der Waals surface area contributed by atoms with Gasteiger partial charge in [0.15, 0.2) is 0 Å². The van der Waals surface area contributed by atoms with Crippen LogP contribution in [0.5, 0.6) is 0 Å². The minimum atomic E-state index is -4.28. The Morgan fingerprint density at radius 3 is 2.12 bits per heavy atom. The smallest absolute Gasteiger partial charge is 0.329 e. The van der Waals surface area contributed by atoms with E-state index in [2.05, 4.69) is 0 Å². The molecule has 1 atom stereocenters. The molecule has 2 nitrogen and oxygen atoms in total. The molecular formula is C12H17F3N2. The van der Waals surface area contributed by atoms with Crippen molar-refractivity contribution in [1.82, 2.24) is 4.90 Å². The topological polar surface area (TPSA) is 29.3 Å². The minimum Gasteiger partial charge on any atom is -0.329 e. The Morgan fingerprint density at radius 1 is 1.24 bits per heavy atom. The number of benzene rings is 1. The molecule has 0 saturated carbocycles. The Balaban J connectivity index is 2.93. The molecule has 5 heteroatoms. The monoisotopic (exact) mass is 246 g/mol. The Hall–Kier alpha value is -1.07. The highest BCUT2D eigenvalue weighted by Crippen LogP contribution is 2.30. The van der Waals surface area contributed by atoms with E-state index in [9.17, 15) is 13.2 Å². The van der Waals surface area contributed by atoms with E-state index in [1.807, 2.05) is 18.9 Å². The van der Waals surface area contributed by atoms with Crippen LogP contribution in [0.2, 0.25) is 0 Å². The van der Waals surface area contributed by atoms with E-state index >= 15 is 0 Å². The highest BCUT2D eigenvalue weighted by Gasteiger charge is 2.30. The van der Waals surface area contributed by atoms with Gasteiger partial charge in [-0.25, -0.2) is 0 Å². The molecule has 96 valence electrons. The first-order valence-corrected chi connectivity index (χ1v) is 5.47. The molecule has 2 N–H and O–H groups in total. The highest BCUT2D eigenvalue weighted by atomic mass is 19.4. The van der Waals surface area contributed by atoms with Gasteiger partial charge < -0.3 is 5.73 Å². The van der Waals surface area contributed by atoms with Crippen molar-refractivity contribution in [1.29, 1.82) is 0 Å². The molecule has 0 spiro atoms. The molecule has 0 fully saturated rings. The fourth-order valence-electron chi connectivity index (χ4n) is 1.69. The number of nitrogens with two attached hydrogens (primary N) is 1. The molecule has 17 heavy (non-hydrogen) atoms. The van der Waals surface area contributed by atoms with Crippen LogP contribution in [-0.2, 0) is 6.18 Å². The third-order valence-electron chi connectivity index (χ3n) is 2.88. The third kappa shape index (κ3) is 3.44. The number of rotatable bonds is 4. The van der Waals surface area contributed by atoms with Crippen molar-refractivity contribution in [3.05, 3.63) is 35.4 Å². The standard InChI is InChI=1S/C12H17F3N2/c1-3-17(2)11(8-16)9-4-6-10(7-5-9)12(13,14)15/h4-7,11H,3,8,16H2,1-2H3. The quantitative estimate of drug-likeness (QED) is 0.885. The predicted octanol–water partition coefficient (Wildman–Crippen LogP) is 2.66. The number of likely N-dealkylation sites (N-methyl/N-ethyl adjacent to an activating group) is 1. The van der Waals surface area contributed by atoms with Gasteiger partial charge >= 0.3 is 6.18 Å². The summed E-state index contributed by atoms with van der Waals surface area (Å²) in [6.45, 7) is 3.16. The van der Waals surface area contributed by atoms with E-state index in [-0.39, 0.29) is 6.04 Å². The second-order valence-electron chi connectivity index (χ2n) is 3.94. The number of halogens is 3. The first-order valence-electron chi connectivity index (χ1n) is 5.47. The lowest BCUT2D eigenvalue weighted by Crippen LogP contribution is -2.30. The van der Waals surface area contributed by atoms with Gasteiger partial charge in [0.25, 0.3) is 0 Å². The zero-order chi connectivity index (χ0) is 13.1. The van der Waals surface area contributed by atoms with E-state index in [0.717, 1.165) is 24.2 Å². The maximum atomic E-state index is 12.4. The number of nitrogens with zero attached hydrogens (tertiary/aromatic N) is 1. The van der Waals surface area contributed by atoms with Crippen molar-refractivity contribution in [2.24, 2.45) is 5.73 Å². The molecule has 0 aliphatic heterocycles. The Kier molecular flexibility index (Phi) is 4.54. The van der Waals surface area contributed by atoms with Crippen LogP contribution in [0.3, 0.4) is 0 Å². The van der Waals surface area contributed by atoms with Gasteiger partial charge in [-0.2, -0.15) is 13.2 Å². The van der Waals surface area contributed by atoms with Crippen LogP contribution in [0.25, 0.3) is 0 Å². The highest BCUT2D eigenvalue weighted by molar-refractivity contribution is 5.27. The lowest BCUT2D eigenvalue weighted by atomic mass is 10.0. The number of hydrogen-bond acceptors (Lipinski definition) is 2. The lowest BCUT2D eigenvalue weighted by Gasteiger charge is -2.26. The summed E-state index contributed by atoms with van der Waals surface area (Å²) in [4.78, 5) is 2.00. The zero-order valence-corrected chi connectivity index (χ0v) is 9.96. The molecule has 0 saturated heterocycles. The zero-order valence-electron chi connectivity index (χ0n) is 9.96. The average Bonchev–Trinajstić information content (AvgIpc) is 2.29. The molecule has 1 aromatic carbocycles. The minimum absolute atomic E-state index is 0.0396. The largest absolute Gasteiger partial charge is 0.416 e. The summed E-state index contributed by atoms with van der Waals surface area (Å²) >= 11 is 0. The van der Waals surface area contributed by atoms with E-state index in [0.29, 0.717) is 6.54 Å². The molecular weight excluding hydrogens is 229 g/mol. The van der Waals surface area contributed by atoms with Crippen LogP contribution >= 0.6 is 0 Å². The van der Waals surface area contributed by atoms with Gasteiger partial charge in [-0.05, 0) is 31.3 Å². The van der Waals surface area contributed by atoms with Crippen molar-refractivity contribution in [2.75, 3.05) is 20.1 Å². The van der Waals surface area contributed by atoms with E-state index in [4.69, 9.17) is 5.73 Å². The van der Waals surface area contributed by atoms with E-state index in [1.165, 1.54) is 12.1 Å². The summed E-state index contributed by atoms with van der Waals surface area (Å²) in [6.07, 6.45) is -4.28. The summed E-state index contributed by atoms with van der Waals surface area (Å²) in [5.74, 6) is 0. The van der Waals surface area contributed by atoms with E-state index < -0.39 is 11.7 Å². The van der Waals surface area contributed by atoms with Crippen molar-refractivity contribution < 1.29 is 13.2 Å². The Morgan fingerprint density at radius 2 is 1.76 bits per heavy atom. The van der Waals surface area contributed by atoms with Crippen molar-refractivity contribution in [3.8, 4) is 0 Å². The maximum Gasteiger partial charge on any atom is 0.416 e. The summed E-state index contributed by atoms with van der Waals surface area (Å²) in [5.41, 5.74) is 5.82. The van der Waals surface area contributed by atoms with Crippen LogP contribution in [0.15, 0.2) is 24.3 Å². The van der Waals surface area contributed by atoms with Gasteiger partial charge in [0.2, 0.25) is 0 Å².